The minimum absolute atomic E-state index is 0. The number of hydrogen-bond donors (Lipinski definition) is 0. The number of fused-ring (bicyclic) bond motifs is 2. The van der Waals surface area contributed by atoms with Gasteiger partial charge in [0, 0.05) is 0 Å². The third kappa shape index (κ3) is 2.66. The van der Waals surface area contributed by atoms with Crippen molar-refractivity contribution in [1.82, 2.24) is 0 Å². The first kappa shape index (κ1) is 14.8. The Kier molecular flexibility index (Phi) is 4.29. The molecule has 4 aromatic rings. The molecule has 0 amide bonds. The van der Waals surface area contributed by atoms with Crippen molar-refractivity contribution in [3.05, 3.63) is 96.1 Å². The molecule has 0 spiro atoms. The molecular formula is C21H16Mn+2. The SMILES string of the molecule is [Mn+2].c1ccc2c(Cc3cccc4ccccc34)cccc2c1. The van der Waals surface area contributed by atoms with E-state index in [0.29, 0.717) is 0 Å². The zero-order chi connectivity index (χ0) is 14.1. The summed E-state index contributed by atoms with van der Waals surface area (Å²) < 4.78 is 0. The summed E-state index contributed by atoms with van der Waals surface area (Å²) in [5.74, 6) is 0. The fraction of sp³-hybridized carbons (Fsp3) is 0.0476. The Morgan fingerprint density at radius 1 is 0.455 bits per heavy atom. The van der Waals surface area contributed by atoms with Crippen LogP contribution in [0.25, 0.3) is 21.5 Å². The second kappa shape index (κ2) is 6.35. The molecule has 0 aliphatic carbocycles. The van der Waals surface area contributed by atoms with Crippen molar-refractivity contribution < 1.29 is 17.1 Å². The van der Waals surface area contributed by atoms with E-state index in [9.17, 15) is 0 Å². The molecule has 0 bridgehead atoms. The zero-order valence-corrected chi connectivity index (χ0v) is 13.3. The zero-order valence-electron chi connectivity index (χ0n) is 12.2. The molecule has 4 aromatic carbocycles. The molecule has 0 aliphatic rings. The Morgan fingerprint density at radius 3 is 1.36 bits per heavy atom. The van der Waals surface area contributed by atoms with Gasteiger partial charge in [0.15, 0.2) is 0 Å². The first-order chi connectivity index (χ1) is 10.4. The van der Waals surface area contributed by atoms with Crippen LogP contribution in [0.3, 0.4) is 0 Å². The van der Waals surface area contributed by atoms with Crippen LogP contribution >= 0.6 is 0 Å². The Labute approximate surface area is 141 Å². The van der Waals surface area contributed by atoms with E-state index in [0.717, 1.165) is 6.42 Å². The van der Waals surface area contributed by atoms with Crippen molar-refractivity contribution >= 4 is 21.5 Å². The molecule has 0 heterocycles. The molecule has 0 aromatic heterocycles. The van der Waals surface area contributed by atoms with Crippen molar-refractivity contribution in [2.24, 2.45) is 0 Å². The minimum atomic E-state index is 0. The van der Waals surface area contributed by atoms with E-state index in [1.165, 1.54) is 32.7 Å². The van der Waals surface area contributed by atoms with Crippen molar-refractivity contribution in [2.45, 2.75) is 6.42 Å². The third-order valence-corrected chi connectivity index (χ3v) is 4.14. The van der Waals surface area contributed by atoms with Gasteiger partial charge in [-0.25, -0.2) is 0 Å². The molecule has 0 saturated heterocycles. The summed E-state index contributed by atoms with van der Waals surface area (Å²) in [6, 6.07) is 30.4. The van der Waals surface area contributed by atoms with Crippen molar-refractivity contribution in [3.63, 3.8) is 0 Å². The largest absolute Gasteiger partial charge is 2.00 e. The van der Waals surface area contributed by atoms with Crippen molar-refractivity contribution in [3.8, 4) is 0 Å². The third-order valence-electron chi connectivity index (χ3n) is 4.14. The average Bonchev–Trinajstić information content (AvgIpc) is 2.56. The summed E-state index contributed by atoms with van der Waals surface area (Å²) in [5, 5.41) is 5.34. The second-order valence-corrected chi connectivity index (χ2v) is 5.45. The Bertz CT molecular complexity index is 837. The maximum absolute atomic E-state index is 2.24. The van der Waals surface area contributed by atoms with Crippen molar-refractivity contribution in [2.75, 3.05) is 0 Å². The van der Waals surface area contributed by atoms with E-state index in [2.05, 4.69) is 84.9 Å². The maximum atomic E-state index is 2.24. The molecule has 0 N–H and O–H groups in total. The van der Waals surface area contributed by atoms with E-state index in [-0.39, 0.29) is 17.1 Å². The molecule has 0 nitrogen and oxygen atoms in total. The second-order valence-electron chi connectivity index (χ2n) is 5.45. The van der Waals surface area contributed by atoms with E-state index < -0.39 is 0 Å². The van der Waals surface area contributed by atoms with E-state index >= 15 is 0 Å². The van der Waals surface area contributed by atoms with Gasteiger partial charge in [0.05, 0.1) is 0 Å². The van der Waals surface area contributed by atoms with Gasteiger partial charge in [0.1, 0.15) is 0 Å². The average molecular weight is 323 g/mol. The van der Waals surface area contributed by atoms with Crippen LogP contribution in [0.1, 0.15) is 11.1 Å². The summed E-state index contributed by atoms with van der Waals surface area (Å²) in [4.78, 5) is 0. The van der Waals surface area contributed by atoms with Crippen molar-refractivity contribution in [1.29, 1.82) is 0 Å². The molecule has 0 saturated carbocycles. The van der Waals surface area contributed by atoms with Gasteiger partial charge in [-0.1, -0.05) is 84.9 Å². The van der Waals surface area contributed by atoms with Gasteiger partial charge in [0.2, 0.25) is 0 Å². The molecule has 1 heteroatoms. The molecule has 4 rings (SSSR count). The number of hydrogen-bond acceptors (Lipinski definition) is 0. The molecule has 0 atom stereocenters. The van der Waals surface area contributed by atoms with Gasteiger partial charge in [0.25, 0.3) is 0 Å². The fourth-order valence-electron chi connectivity index (χ4n) is 3.10. The van der Waals surface area contributed by atoms with Crippen LogP contribution in [0.5, 0.6) is 0 Å². The summed E-state index contributed by atoms with van der Waals surface area (Å²) in [6.45, 7) is 0. The van der Waals surface area contributed by atoms with Crippen LogP contribution in [0.4, 0.5) is 0 Å². The molecular weight excluding hydrogens is 307 g/mol. The summed E-state index contributed by atoms with van der Waals surface area (Å²) in [6.07, 6.45) is 0.975. The predicted molar refractivity (Wildman–Crippen MR) is 90.7 cm³/mol. The Morgan fingerprint density at radius 2 is 0.864 bits per heavy atom. The quantitative estimate of drug-likeness (QED) is 0.422. The molecule has 22 heavy (non-hydrogen) atoms. The normalized spacial score (nSPS) is 10.5. The van der Waals surface area contributed by atoms with Gasteiger partial charge < -0.3 is 0 Å². The molecule has 0 fully saturated rings. The van der Waals surface area contributed by atoms with Crippen LogP contribution < -0.4 is 0 Å². The van der Waals surface area contributed by atoms with E-state index in [4.69, 9.17) is 0 Å². The van der Waals surface area contributed by atoms with Gasteiger partial charge in [-0.05, 0) is 39.1 Å². The van der Waals surface area contributed by atoms with Crippen LogP contribution in [0, 0.1) is 0 Å². The van der Waals surface area contributed by atoms with Gasteiger partial charge in [-0.2, -0.15) is 0 Å². The first-order valence-electron chi connectivity index (χ1n) is 7.35. The number of rotatable bonds is 2. The smallest absolute Gasteiger partial charge is 0.0616 e. The van der Waals surface area contributed by atoms with Crippen LogP contribution in [-0.2, 0) is 23.5 Å². The Balaban J connectivity index is 0.00000144. The summed E-state index contributed by atoms with van der Waals surface area (Å²) in [7, 11) is 0. The van der Waals surface area contributed by atoms with E-state index in [1.54, 1.807) is 0 Å². The van der Waals surface area contributed by atoms with Gasteiger partial charge in [-0.3, -0.25) is 0 Å². The summed E-state index contributed by atoms with van der Waals surface area (Å²) >= 11 is 0. The van der Waals surface area contributed by atoms with Gasteiger partial charge in [-0.15, -0.1) is 0 Å². The van der Waals surface area contributed by atoms with Gasteiger partial charge >= 0.3 is 17.1 Å². The van der Waals surface area contributed by atoms with Crippen LogP contribution in [-0.4, -0.2) is 0 Å². The standard InChI is InChI=1S/C21H16.Mn/c1-3-13-20-16(7-1)9-5-11-18(20)15-19-12-6-10-17-8-2-4-14-21(17)19;/h1-14H,15H2;/q;+2. The molecule has 0 aliphatic heterocycles. The molecule has 105 valence electrons. The first-order valence-corrected chi connectivity index (χ1v) is 7.35. The Hall–Kier alpha value is -2.08. The topological polar surface area (TPSA) is 0 Å². The molecule has 1 radical (unpaired) electrons. The predicted octanol–water partition coefficient (Wildman–Crippen LogP) is 5.58. The minimum Gasteiger partial charge on any atom is -0.0616 e. The summed E-state index contributed by atoms with van der Waals surface area (Å²) in [5.41, 5.74) is 2.79. The monoisotopic (exact) mass is 323 g/mol. The number of benzene rings is 4. The molecule has 0 unspecified atom stereocenters. The van der Waals surface area contributed by atoms with E-state index in [1.807, 2.05) is 0 Å². The maximum Gasteiger partial charge on any atom is 2.00 e. The fourth-order valence-corrected chi connectivity index (χ4v) is 3.10. The van der Waals surface area contributed by atoms with Crippen LogP contribution in [0.2, 0.25) is 0 Å². The van der Waals surface area contributed by atoms with Crippen LogP contribution in [0.15, 0.2) is 84.9 Å².